The molecule has 0 saturated heterocycles. The van der Waals surface area contributed by atoms with Crippen LogP contribution < -0.4 is 9.47 Å². The molecule has 0 N–H and O–H groups in total. The molecule has 0 spiro atoms. The molecule has 0 amide bonds. The Hall–Kier alpha value is -3.40. The van der Waals surface area contributed by atoms with E-state index in [0.29, 0.717) is 11.5 Å². The highest BCUT2D eigenvalue weighted by Gasteiger charge is 2.15. The number of aliphatic imine (C=N–C) groups is 2. The van der Waals surface area contributed by atoms with Crippen LogP contribution in [0.4, 0.5) is 0 Å². The SMILES string of the molecule is C=N/C=C(\C=C/C)C1=NCCC/C1=C\c1ccc(Oc2cccc(C)c2)c(OC)c1. The topological polar surface area (TPSA) is 43.2 Å². The van der Waals surface area contributed by atoms with Crippen LogP contribution in [-0.4, -0.2) is 26.1 Å². The lowest BCUT2D eigenvalue weighted by Gasteiger charge is -2.17. The van der Waals surface area contributed by atoms with E-state index in [4.69, 9.17) is 14.5 Å². The van der Waals surface area contributed by atoms with Gasteiger partial charge >= 0.3 is 0 Å². The van der Waals surface area contributed by atoms with Gasteiger partial charge < -0.3 is 9.47 Å². The molecule has 154 valence electrons. The van der Waals surface area contributed by atoms with E-state index in [1.807, 2.05) is 68.5 Å². The zero-order chi connectivity index (χ0) is 21.3. The Bertz CT molecular complexity index is 1030. The first-order valence-electron chi connectivity index (χ1n) is 10.1. The summed E-state index contributed by atoms with van der Waals surface area (Å²) >= 11 is 0. The van der Waals surface area contributed by atoms with Crippen molar-refractivity contribution < 1.29 is 9.47 Å². The highest BCUT2D eigenvalue weighted by atomic mass is 16.5. The molecule has 0 saturated carbocycles. The predicted molar refractivity (Wildman–Crippen MR) is 126 cm³/mol. The first-order chi connectivity index (χ1) is 14.6. The number of ether oxygens (including phenoxy) is 2. The molecule has 2 aromatic rings. The summed E-state index contributed by atoms with van der Waals surface area (Å²) in [7, 11) is 1.66. The fourth-order valence-electron chi connectivity index (χ4n) is 3.42. The Morgan fingerprint density at radius 2 is 2.03 bits per heavy atom. The standard InChI is InChI=1S/C26H28N2O2/c1-5-8-22(18-27-3)26-21(10-7-14-28-26)16-20-12-13-24(25(17-20)29-4)30-23-11-6-9-19(2)15-23/h5-6,8-9,11-13,15-18H,3,7,10,14H2,1-2,4H3/b8-5-,21-16+,22-18+. The summed E-state index contributed by atoms with van der Waals surface area (Å²) in [6, 6.07) is 13.9. The highest BCUT2D eigenvalue weighted by Crippen LogP contribution is 2.34. The van der Waals surface area contributed by atoms with Gasteiger partial charge in [-0.25, -0.2) is 0 Å². The molecule has 0 atom stereocenters. The molecule has 0 aromatic heterocycles. The number of allylic oxidation sites excluding steroid dienone is 4. The van der Waals surface area contributed by atoms with Crippen LogP contribution in [0, 0.1) is 6.92 Å². The molecule has 1 aliphatic heterocycles. The normalized spacial score (nSPS) is 15.9. The fourth-order valence-corrected chi connectivity index (χ4v) is 3.42. The zero-order valence-electron chi connectivity index (χ0n) is 17.9. The highest BCUT2D eigenvalue weighted by molar-refractivity contribution is 6.16. The Kier molecular flexibility index (Phi) is 7.39. The summed E-state index contributed by atoms with van der Waals surface area (Å²) in [5.41, 5.74) is 5.33. The summed E-state index contributed by atoms with van der Waals surface area (Å²) in [6.45, 7) is 8.45. The van der Waals surface area contributed by atoms with Gasteiger partial charge in [-0.05, 0) is 80.4 Å². The Balaban J connectivity index is 1.92. The quantitative estimate of drug-likeness (QED) is 0.389. The van der Waals surface area contributed by atoms with Crippen molar-refractivity contribution in [1.82, 2.24) is 0 Å². The van der Waals surface area contributed by atoms with Gasteiger partial charge in [-0.15, -0.1) is 0 Å². The second kappa shape index (κ2) is 10.4. The maximum Gasteiger partial charge on any atom is 0.169 e. The number of hydrogen-bond acceptors (Lipinski definition) is 4. The molecule has 0 aliphatic carbocycles. The third-order valence-corrected chi connectivity index (χ3v) is 4.77. The van der Waals surface area contributed by atoms with Crippen LogP contribution in [0.1, 0.15) is 30.9 Å². The second-order valence-corrected chi connectivity index (χ2v) is 7.10. The maximum atomic E-state index is 6.04. The molecule has 0 unspecified atom stereocenters. The van der Waals surface area contributed by atoms with Crippen LogP contribution in [0.25, 0.3) is 6.08 Å². The summed E-state index contributed by atoms with van der Waals surface area (Å²) < 4.78 is 11.6. The number of aryl methyl sites for hydroxylation is 1. The van der Waals surface area contributed by atoms with Crippen LogP contribution >= 0.6 is 0 Å². The van der Waals surface area contributed by atoms with Gasteiger partial charge in [0.25, 0.3) is 0 Å². The molecular weight excluding hydrogens is 372 g/mol. The molecular formula is C26H28N2O2. The molecule has 1 heterocycles. The van der Waals surface area contributed by atoms with E-state index in [1.165, 1.54) is 5.57 Å². The molecule has 0 fully saturated rings. The van der Waals surface area contributed by atoms with Crippen molar-refractivity contribution in [3.8, 4) is 17.2 Å². The van der Waals surface area contributed by atoms with Gasteiger partial charge in [0.15, 0.2) is 11.5 Å². The van der Waals surface area contributed by atoms with Crippen molar-refractivity contribution in [3.05, 3.63) is 83.1 Å². The predicted octanol–water partition coefficient (Wildman–Crippen LogP) is 6.57. The van der Waals surface area contributed by atoms with E-state index in [2.05, 4.69) is 17.8 Å². The van der Waals surface area contributed by atoms with Gasteiger partial charge in [-0.2, -0.15) is 0 Å². The third-order valence-electron chi connectivity index (χ3n) is 4.77. The van der Waals surface area contributed by atoms with E-state index in [1.54, 1.807) is 13.3 Å². The first-order valence-corrected chi connectivity index (χ1v) is 10.1. The van der Waals surface area contributed by atoms with Crippen molar-refractivity contribution in [2.75, 3.05) is 13.7 Å². The van der Waals surface area contributed by atoms with Crippen LogP contribution in [-0.2, 0) is 0 Å². The Morgan fingerprint density at radius 3 is 2.77 bits per heavy atom. The van der Waals surface area contributed by atoms with Crippen LogP contribution in [0.2, 0.25) is 0 Å². The summed E-state index contributed by atoms with van der Waals surface area (Å²) in [4.78, 5) is 8.70. The minimum Gasteiger partial charge on any atom is -0.493 e. The van der Waals surface area contributed by atoms with E-state index in [-0.39, 0.29) is 0 Å². The summed E-state index contributed by atoms with van der Waals surface area (Å²) in [5, 5.41) is 0. The summed E-state index contributed by atoms with van der Waals surface area (Å²) in [6.07, 6.45) is 9.94. The molecule has 30 heavy (non-hydrogen) atoms. The second-order valence-electron chi connectivity index (χ2n) is 7.10. The smallest absolute Gasteiger partial charge is 0.169 e. The van der Waals surface area contributed by atoms with E-state index in [0.717, 1.165) is 47.5 Å². The third kappa shape index (κ3) is 5.35. The monoisotopic (exact) mass is 400 g/mol. The van der Waals surface area contributed by atoms with Crippen LogP contribution in [0.15, 0.2) is 81.9 Å². The Morgan fingerprint density at radius 1 is 1.17 bits per heavy atom. The summed E-state index contributed by atoms with van der Waals surface area (Å²) in [5.74, 6) is 2.17. The molecule has 2 aromatic carbocycles. The minimum atomic E-state index is 0.688. The molecule has 4 heteroatoms. The average Bonchev–Trinajstić information content (AvgIpc) is 2.75. The molecule has 0 radical (unpaired) electrons. The van der Waals surface area contributed by atoms with Crippen molar-refractivity contribution in [2.45, 2.75) is 26.7 Å². The van der Waals surface area contributed by atoms with E-state index < -0.39 is 0 Å². The lowest BCUT2D eigenvalue weighted by Crippen LogP contribution is -2.12. The van der Waals surface area contributed by atoms with Gasteiger partial charge in [0, 0.05) is 18.3 Å². The number of methoxy groups -OCH3 is 1. The van der Waals surface area contributed by atoms with E-state index >= 15 is 0 Å². The lowest BCUT2D eigenvalue weighted by molar-refractivity contribution is 0.378. The van der Waals surface area contributed by atoms with Gasteiger partial charge in [-0.1, -0.05) is 30.4 Å². The molecule has 3 rings (SSSR count). The minimum absolute atomic E-state index is 0.688. The average molecular weight is 401 g/mol. The maximum absolute atomic E-state index is 6.04. The van der Waals surface area contributed by atoms with Crippen molar-refractivity contribution in [1.29, 1.82) is 0 Å². The number of nitrogens with zero attached hydrogens (tertiary/aromatic N) is 2. The number of rotatable bonds is 7. The molecule has 1 aliphatic rings. The van der Waals surface area contributed by atoms with Crippen molar-refractivity contribution >= 4 is 18.5 Å². The first kappa shape index (κ1) is 21.3. The lowest BCUT2D eigenvalue weighted by atomic mass is 9.94. The molecule has 4 nitrogen and oxygen atoms in total. The zero-order valence-corrected chi connectivity index (χ0v) is 17.9. The van der Waals surface area contributed by atoms with Gasteiger partial charge in [-0.3, -0.25) is 9.98 Å². The van der Waals surface area contributed by atoms with Crippen molar-refractivity contribution in [2.24, 2.45) is 9.98 Å². The number of hydrogen-bond donors (Lipinski definition) is 0. The fraction of sp³-hybridized carbons (Fsp3) is 0.231. The van der Waals surface area contributed by atoms with Gasteiger partial charge in [0.1, 0.15) is 5.75 Å². The van der Waals surface area contributed by atoms with Gasteiger partial charge in [0.05, 0.1) is 12.8 Å². The molecule has 0 bridgehead atoms. The van der Waals surface area contributed by atoms with Crippen molar-refractivity contribution in [3.63, 3.8) is 0 Å². The number of benzene rings is 2. The largest absolute Gasteiger partial charge is 0.493 e. The Labute approximate surface area is 179 Å². The van der Waals surface area contributed by atoms with Crippen LogP contribution in [0.3, 0.4) is 0 Å². The van der Waals surface area contributed by atoms with Crippen LogP contribution in [0.5, 0.6) is 17.2 Å². The van der Waals surface area contributed by atoms with Gasteiger partial charge in [0.2, 0.25) is 0 Å². The van der Waals surface area contributed by atoms with E-state index in [9.17, 15) is 0 Å².